The van der Waals surface area contributed by atoms with Gasteiger partial charge in [0.05, 0.1) is 5.56 Å². The highest BCUT2D eigenvalue weighted by Crippen LogP contribution is 2.26. The lowest BCUT2D eigenvalue weighted by atomic mass is 10.0. The summed E-state index contributed by atoms with van der Waals surface area (Å²) in [5.74, 6) is -0.954. The first-order chi connectivity index (χ1) is 11.0. The molecule has 2 rings (SSSR count). The van der Waals surface area contributed by atoms with E-state index in [1.54, 1.807) is 0 Å². The number of ketones is 1. The van der Waals surface area contributed by atoms with Crippen LogP contribution in [0.5, 0.6) is 11.5 Å². The minimum Gasteiger partial charge on any atom is -0.427 e. The Bertz CT molecular complexity index is 734. The Balaban J connectivity index is 2.30. The van der Waals surface area contributed by atoms with Crippen LogP contribution in [0.1, 0.15) is 29.8 Å². The van der Waals surface area contributed by atoms with Crippen LogP contribution in [0.3, 0.4) is 0 Å². The molecule has 0 aromatic heterocycles. The Hall–Kier alpha value is -2.95. The van der Waals surface area contributed by atoms with E-state index in [9.17, 15) is 14.4 Å². The third kappa shape index (κ3) is 4.78. The molecule has 0 saturated carbocycles. The second-order valence-electron chi connectivity index (χ2n) is 4.93. The monoisotopic (exact) mass is 312 g/mol. The highest BCUT2D eigenvalue weighted by atomic mass is 16.5. The molecule has 0 amide bonds. The van der Waals surface area contributed by atoms with Crippen molar-refractivity contribution in [2.24, 2.45) is 0 Å². The number of benzene rings is 2. The van der Waals surface area contributed by atoms with Gasteiger partial charge in [-0.2, -0.15) is 0 Å². The number of ether oxygens (including phenoxy) is 2. The lowest BCUT2D eigenvalue weighted by molar-refractivity contribution is -0.132. The van der Waals surface area contributed by atoms with E-state index in [1.165, 1.54) is 32.0 Å². The van der Waals surface area contributed by atoms with Gasteiger partial charge in [-0.25, -0.2) is 0 Å². The Labute approximate surface area is 133 Å². The third-order valence-corrected chi connectivity index (χ3v) is 2.98. The van der Waals surface area contributed by atoms with Crippen molar-refractivity contribution in [3.05, 3.63) is 59.7 Å². The largest absolute Gasteiger partial charge is 0.427 e. The van der Waals surface area contributed by atoms with Crippen molar-refractivity contribution in [1.29, 1.82) is 0 Å². The van der Waals surface area contributed by atoms with Crippen LogP contribution in [-0.2, 0) is 16.0 Å². The van der Waals surface area contributed by atoms with Crippen LogP contribution in [0.2, 0.25) is 0 Å². The van der Waals surface area contributed by atoms with Crippen molar-refractivity contribution in [2.75, 3.05) is 0 Å². The van der Waals surface area contributed by atoms with Gasteiger partial charge >= 0.3 is 11.9 Å². The minimum atomic E-state index is -0.557. The molecule has 0 aliphatic heterocycles. The molecule has 0 fully saturated rings. The van der Waals surface area contributed by atoms with Gasteiger partial charge in [-0.05, 0) is 17.7 Å². The predicted octanol–water partition coefficient (Wildman–Crippen LogP) is 2.96. The van der Waals surface area contributed by atoms with Crippen molar-refractivity contribution in [3.8, 4) is 11.5 Å². The molecular weight excluding hydrogens is 296 g/mol. The predicted molar refractivity (Wildman–Crippen MR) is 83.5 cm³/mol. The molecule has 2 aromatic rings. The SMILES string of the molecule is CC(=O)Oc1ccc(C(=O)Cc2ccccc2)c(OC(C)=O)c1. The van der Waals surface area contributed by atoms with Gasteiger partial charge in [-0.3, -0.25) is 14.4 Å². The van der Waals surface area contributed by atoms with Gasteiger partial charge in [0, 0.05) is 26.3 Å². The summed E-state index contributed by atoms with van der Waals surface area (Å²) in [4.78, 5) is 34.7. The van der Waals surface area contributed by atoms with Gasteiger partial charge in [0.1, 0.15) is 11.5 Å². The van der Waals surface area contributed by atoms with Crippen molar-refractivity contribution in [1.82, 2.24) is 0 Å². The zero-order valence-corrected chi connectivity index (χ0v) is 12.9. The first-order valence-corrected chi connectivity index (χ1v) is 7.03. The molecule has 0 bridgehead atoms. The van der Waals surface area contributed by atoms with E-state index in [-0.39, 0.29) is 29.3 Å². The smallest absolute Gasteiger partial charge is 0.308 e. The summed E-state index contributed by atoms with van der Waals surface area (Å²) in [5, 5.41) is 0. The van der Waals surface area contributed by atoms with E-state index < -0.39 is 11.9 Å². The zero-order chi connectivity index (χ0) is 16.8. The summed E-state index contributed by atoms with van der Waals surface area (Å²) in [7, 11) is 0. The van der Waals surface area contributed by atoms with Crippen molar-refractivity contribution >= 4 is 17.7 Å². The Morgan fingerprint density at radius 1 is 0.870 bits per heavy atom. The van der Waals surface area contributed by atoms with Crippen LogP contribution >= 0.6 is 0 Å². The fourth-order valence-electron chi connectivity index (χ4n) is 2.08. The van der Waals surface area contributed by atoms with Gasteiger partial charge in [0.2, 0.25) is 0 Å². The summed E-state index contributed by atoms with van der Waals surface area (Å²) in [6.07, 6.45) is 0.183. The molecule has 118 valence electrons. The van der Waals surface area contributed by atoms with E-state index in [1.807, 2.05) is 30.3 Å². The minimum absolute atomic E-state index is 0.0807. The summed E-state index contributed by atoms with van der Waals surface area (Å²) < 4.78 is 10.0. The molecule has 5 heteroatoms. The lowest BCUT2D eigenvalue weighted by Crippen LogP contribution is -2.10. The molecule has 0 atom stereocenters. The van der Waals surface area contributed by atoms with Crippen LogP contribution in [0.15, 0.2) is 48.5 Å². The molecule has 0 radical (unpaired) electrons. The van der Waals surface area contributed by atoms with Gasteiger partial charge in [-0.1, -0.05) is 30.3 Å². The first kappa shape index (κ1) is 16.4. The zero-order valence-electron chi connectivity index (χ0n) is 12.9. The number of esters is 2. The molecule has 0 spiro atoms. The summed E-state index contributed by atoms with van der Waals surface area (Å²) >= 11 is 0. The summed E-state index contributed by atoms with van der Waals surface area (Å²) in [5.41, 5.74) is 1.12. The Morgan fingerprint density at radius 2 is 1.52 bits per heavy atom. The number of carbonyl (C=O) groups is 3. The number of rotatable bonds is 5. The first-order valence-electron chi connectivity index (χ1n) is 7.03. The van der Waals surface area contributed by atoms with Crippen molar-refractivity contribution in [2.45, 2.75) is 20.3 Å². The van der Waals surface area contributed by atoms with Crippen LogP contribution in [0.4, 0.5) is 0 Å². The lowest BCUT2D eigenvalue weighted by Gasteiger charge is -2.10. The van der Waals surface area contributed by atoms with Gasteiger partial charge < -0.3 is 9.47 Å². The number of hydrogen-bond donors (Lipinski definition) is 0. The summed E-state index contributed by atoms with van der Waals surface area (Å²) in [6, 6.07) is 13.6. The standard InChI is InChI=1S/C18H16O5/c1-12(19)22-15-8-9-16(18(11-15)23-13(2)20)17(21)10-14-6-4-3-5-7-14/h3-9,11H,10H2,1-2H3. The molecule has 0 heterocycles. The Kier molecular flexibility index (Phi) is 5.25. The van der Waals surface area contributed by atoms with E-state index in [0.717, 1.165) is 5.56 Å². The normalized spacial score (nSPS) is 10.0. The van der Waals surface area contributed by atoms with Gasteiger partial charge in [0.25, 0.3) is 0 Å². The van der Waals surface area contributed by atoms with Gasteiger partial charge in [-0.15, -0.1) is 0 Å². The number of carbonyl (C=O) groups excluding carboxylic acids is 3. The molecule has 0 saturated heterocycles. The highest BCUT2D eigenvalue weighted by molar-refractivity contribution is 6.00. The van der Waals surface area contributed by atoms with E-state index in [4.69, 9.17) is 9.47 Å². The Morgan fingerprint density at radius 3 is 2.13 bits per heavy atom. The average Bonchev–Trinajstić information content (AvgIpc) is 2.47. The molecule has 2 aromatic carbocycles. The number of Topliss-reactive ketones (excluding diaryl/α,β-unsaturated/α-hetero) is 1. The second kappa shape index (κ2) is 7.35. The second-order valence-corrected chi connectivity index (χ2v) is 4.93. The molecule has 0 aliphatic carbocycles. The van der Waals surface area contributed by atoms with E-state index in [2.05, 4.69) is 0 Å². The maximum Gasteiger partial charge on any atom is 0.308 e. The van der Waals surface area contributed by atoms with Crippen LogP contribution in [0, 0.1) is 0 Å². The molecule has 23 heavy (non-hydrogen) atoms. The van der Waals surface area contributed by atoms with Crippen LogP contribution in [-0.4, -0.2) is 17.7 Å². The fraction of sp³-hybridized carbons (Fsp3) is 0.167. The number of hydrogen-bond acceptors (Lipinski definition) is 5. The molecule has 0 N–H and O–H groups in total. The maximum absolute atomic E-state index is 12.5. The van der Waals surface area contributed by atoms with Crippen molar-refractivity contribution < 1.29 is 23.9 Å². The quantitative estimate of drug-likeness (QED) is 0.482. The van der Waals surface area contributed by atoms with Gasteiger partial charge in [0.15, 0.2) is 5.78 Å². The molecule has 5 nitrogen and oxygen atoms in total. The van der Waals surface area contributed by atoms with E-state index in [0.29, 0.717) is 0 Å². The maximum atomic E-state index is 12.5. The average molecular weight is 312 g/mol. The molecule has 0 aliphatic rings. The highest BCUT2D eigenvalue weighted by Gasteiger charge is 2.16. The van der Waals surface area contributed by atoms with Crippen molar-refractivity contribution in [3.63, 3.8) is 0 Å². The topological polar surface area (TPSA) is 69.7 Å². The molecule has 0 unspecified atom stereocenters. The van der Waals surface area contributed by atoms with Crippen LogP contribution < -0.4 is 9.47 Å². The molecular formula is C18H16O5. The van der Waals surface area contributed by atoms with E-state index >= 15 is 0 Å². The fourth-order valence-corrected chi connectivity index (χ4v) is 2.08. The van der Waals surface area contributed by atoms with Crippen LogP contribution in [0.25, 0.3) is 0 Å². The third-order valence-electron chi connectivity index (χ3n) is 2.98. The summed E-state index contributed by atoms with van der Waals surface area (Å²) in [6.45, 7) is 2.50.